The Morgan fingerprint density at radius 3 is 2.90 bits per heavy atom. The first kappa shape index (κ1) is 13.6. The van der Waals surface area contributed by atoms with E-state index in [1.54, 1.807) is 12.1 Å². The van der Waals surface area contributed by atoms with E-state index in [0.29, 0.717) is 17.3 Å². The van der Waals surface area contributed by atoms with E-state index in [1.165, 1.54) is 17.1 Å². The molecule has 106 valence electrons. The maximum absolute atomic E-state index is 11.9. The van der Waals surface area contributed by atoms with Gasteiger partial charge in [-0.1, -0.05) is 29.8 Å². The van der Waals surface area contributed by atoms with Gasteiger partial charge in [-0.05, 0) is 30.2 Å². The lowest BCUT2D eigenvalue weighted by molar-refractivity contribution is 0.0954. The van der Waals surface area contributed by atoms with Crippen molar-refractivity contribution >= 4 is 28.4 Å². The second-order valence-electron chi connectivity index (χ2n) is 4.73. The van der Waals surface area contributed by atoms with Gasteiger partial charge >= 0.3 is 0 Å². The Labute approximate surface area is 127 Å². The Morgan fingerprint density at radius 1 is 1.24 bits per heavy atom. The Bertz CT molecular complexity index is 765. The first-order valence-corrected chi connectivity index (χ1v) is 7.06. The second-order valence-corrected chi connectivity index (χ2v) is 5.12. The van der Waals surface area contributed by atoms with Crippen molar-refractivity contribution in [3.63, 3.8) is 0 Å². The van der Waals surface area contributed by atoms with Crippen LogP contribution in [0.25, 0.3) is 10.9 Å². The topological polar surface area (TPSA) is 57.8 Å². The monoisotopic (exact) mass is 299 g/mol. The number of aromatic nitrogens is 2. The minimum Gasteiger partial charge on any atom is -0.361 e. The van der Waals surface area contributed by atoms with E-state index >= 15 is 0 Å². The van der Waals surface area contributed by atoms with Crippen LogP contribution in [0, 0.1) is 0 Å². The SMILES string of the molecule is O=C(NCCc1c[nH]c2ccccc12)c1ccc(Cl)nc1. The van der Waals surface area contributed by atoms with Crippen LogP contribution in [0.5, 0.6) is 0 Å². The van der Waals surface area contributed by atoms with Crippen LogP contribution in [-0.2, 0) is 6.42 Å². The summed E-state index contributed by atoms with van der Waals surface area (Å²) in [5.41, 5.74) is 2.82. The van der Waals surface area contributed by atoms with Crippen LogP contribution in [0.15, 0.2) is 48.8 Å². The quantitative estimate of drug-likeness (QED) is 0.727. The molecule has 0 saturated heterocycles. The molecule has 0 saturated carbocycles. The van der Waals surface area contributed by atoms with Crippen molar-refractivity contribution in [2.45, 2.75) is 6.42 Å². The fourth-order valence-electron chi connectivity index (χ4n) is 2.26. The number of H-pyrrole nitrogens is 1. The minimum atomic E-state index is -0.140. The highest BCUT2D eigenvalue weighted by molar-refractivity contribution is 6.29. The highest BCUT2D eigenvalue weighted by Crippen LogP contribution is 2.17. The number of amides is 1. The average molecular weight is 300 g/mol. The first-order chi connectivity index (χ1) is 10.2. The van der Waals surface area contributed by atoms with E-state index in [-0.39, 0.29) is 5.91 Å². The molecule has 0 spiro atoms. The second kappa shape index (κ2) is 5.97. The summed E-state index contributed by atoms with van der Waals surface area (Å²) in [5, 5.41) is 4.46. The fraction of sp³-hybridized carbons (Fsp3) is 0.125. The van der Waals surface area contributed by atoms with Gasteiger partial charge in [-0.2, -0.15) is 0 Å². The molecule has 4 nitrogen and oxygen atoms in total. The fourth-order valence-corrected chi connectivity index (χ4v) is 2.37. The molecule has 0 aliphatic rings. The van der Waals surface area contributed by atoms with E-state index in [1.807, 2.05) is 24.4 Å². The van der Waals surface area contributed by atoms with Gasteiger partial charge in [-0.15, -0.1) is 0 Å². The van der Waals surface area contributed by atoms with Gasteiger partial charge in [-0.3, -0.25) is 4.79 Å². The number of para-hydroxylation sites is 1. The molecule has 0 fully saturated rings. The number of halogens is 1. The van der Waals surface area contributed by atoms with Crippen LogP contribution in [0.2, 0.25) is 5.15 Å². The summed E-state index contributed by atoms with van der Waals surface area (Å²) in [5.74, 6) is -0.140. The van der Waals surface area contributed by atoms with Gasteiger partial charge in [0, 0.05) is 29.8 Å². The van der Waals surface area contributed by atoms with Crippen LogP contribution >= 0.6 is 11.6 Å². The third-order valence-electron chi connectivity index (χ3n) is 3.34. The predicted octanol–water partition coefficient (Wildman–Crippen LogP) is 3.19. The van der Waals surface area contributed by atoms with Crippen LogP contribution in [0.3, 0.4) is 0 Å². The van der Waals surface area contributed by atoms with Crippen LogP contribution in [0.1, 0.15) is 15.9 Å². The standard InChI is InChI=1S/C16H14ClN3O/c17-15-6-5-12(10-20-15)16(21)18-8-7-11-9-19-14-4-2-1-3-13(11)14/h1-6,9-10,19H,7-8H2,(H,18,21). The molecule has 3 rings (SSSR count). The van der Waals surface area contributed by atoms with Gasteiger partial charge in [0.2, 0.25) is 0 Å². The summed E-state index contributed by atoms with van der Waals surface area (Å²) in [6.07, 6.45) is 4.24. The molecular formula is C16H14ClN3O. The van der Waals surface area contributed by atoms with Crippen molar-refractivity contribution in [1.29, 1.82) is 0 Å². The zero-order valence-corrected chi connectivity index (χ0v) is 12.0. The van der Waals surface area contributed by atoms with Gasteiger partial charge in [0.05, 0.1) is 5.56 Å². The molecule has 0 atom stereocenters. The summed E-state index contributed by atoms with van der Waals surface area (Å²) in [4.78, 5) is 19.1. The summed E-state index contributed by atoms with van der Waals surface area (Å²) < 4.78 is 0. The molecule has 0 aliphatic carbocycles. The number of pyridine rings is 1. The lowest BCUT2D eigenvalue weighted by Crippen LogP contribution is -2.25. The van der Waals surface area contributed by atoms with E-state index in [2.05, 4.69) is 21.4 Å². The van der Waals surface area contributed by atoms with E-state index < -0.39 is 0 Å². The molecule has 1 amide bonds. The number of rotatable bonds is 4. The molecule has 0 aliphatic heterocycles. The van der Waals surface area contributed by atoms with Crippen molar-refractivity contribution in [2.24, 2.45) is 0 Å². The van der Waals surface area contributed by atoms with Gasteiger partial charge in [0.15, 0.2) is 0 Å². The molecule has 1 aromatic carbocycles. The number of aromatic amines is 1. The lowest BCUT2D eigenvalue weighted by atomic mass is 10.1. The summed E-state index contributed by atoms with van der Waals surface area (Å²) >= 11 is 5.70. The molecule has 2 N–H and O–H groups in total. The van der Waals surface area contributed by atoms with Gasteiger partial charge in [0.25, 0.3) is 5.91 Å². The maximum atomic E-state index is 11.9. The Kier molecular flexibility index (Phi) is 3.88. The van der Waals surface area contributed by atoms with Gasteiger partial charge in [0.1, 0.15) is 5.15 Å². The number of benzene rings is 1. The molecule has 5 heteroatoms. The van der Waals surface area contributed by atoms with Gasteiger partial charge < -0.3 is 10.3 Å². The van der Waals surface area contributed by atoms with Crippen molar-refractivity contribution in [3.8, 4) is 0 Å². The van der Waals surface area contributed by atoms with E-state index in [0.717, 1.165) is 11.9 Å². The van der Waals surface area contributed by atoms with Crippen LogP contribution < -0.4 is 5.32 Å². The van der Waals surface area contributed by atoms with Crippen LogP contribution in [-0.4, -0.2) is 22.4 Å². The van der Waals surface area contributed by atoms with Crippen molar-refractivity contribution in [1.82, 2.24) is 15.3 Å². The zero-order chi connectivity index (χ0) is 14.7. The average Bonchev–Trinajstić information content (AvgIpc) is 2.91. The molecule has 3 aromatic rings. The first-order valence-electron chi connectivity index (χ1n) is 6.69. The van der Waals surface area contributed by atoms with E-state index in [9.17, 15) is 4.79 Å². The third kappa shape index (κ3) is 3.06. The number of carbonyl (C=O) groups excluding carboxylic acids is 1. The summed E-state index contributed by atoms with van der Waals surface area (Å²) in [7, 11) is 0. The molecule has 2 aromatic heterocycles. The number of carbonyl (C=O) groups is 1. The molecule has 2 heterocycles. The molecular weight excluding hydrogens is 286 g/mol. The molecule has 0 radical (unpaired) electrons. The highest BCUT2D eigenvalue weighted by Gasteiger charge is 2.07. The number of nitrogens with one attached hydrogen (secondary N) is 2. The van der Waals surface area contributed by atoms with E-state index in [4.69, 9.17) is 11.6 Å². The normalized spacial score (nSPS) is 10.7. The number of nitrogens with zero attached hydrogens (tertiary/aromatic N) is 1. The number of hydrogen-bond donors (Lipinski definition) is 2. The lowest BCUT2D eigenvalue weighted by Gasteiger charge is -2.04. The van der Waals surface area contributed by atoms with Crippen LogP contribution in [0.4, 0.5) is 0 Å². The van der Waals surface area contributed by atoms with Crippen molar-refractivity contribution < 1.29 is 4.79 Å². The summed E-state index contributed by atoms with van der Waals surface area (Å²) in [6.45, 7) is 0.573. The van der Waals surface area contributed by atoms with Gasteiger partial charge in [-0.25, -0.2) is 4.98 Å². The summed E-state index contributed by atoms with van der Waals surface area (Å²) in [6, 6.07) is 11.4. The molecule has 0 unspecified atom stereocenters. The number of hydrogen-bond acceptors (Lipinski definition) is 2. The maximum Gasteiger partial charge on any atom is 0.252 e. The largest absolute Gasteiger partial charge is 0.361 e. The third-order valence-corrected chi connectivity index (χ3v) is 3.57. The Hall–Kier alpha value is -2.33. The molecule has 0 bridgehead atoms. The predicted molar refractivity (Wildman–Crippen MR) is 83.6 cm³/mol. The van der Waals surface area contributed by atoms with Crippen molar-refractivity contribution in [3.05, 3.63) is 65.1 Å². The molecule has 21 heavy (non-hydrogen) atoms. The smallest absolute Gasteiger partial charge is 0.252 e. The Balaban J connectivity index is 1.61. The number of fused-ring (bicyclic) bond motifs is 1. The van der Waals surface area contributed by atoms with Crippen molar-refractivity contribution in [2.75, 3.05) is 6.54 Å². The zero-order valence-electron chi connectivity index (χ0n) is 11.3. The minimum absolute atomic E-state index is 0.140. The highest BCUT2D eigenvalue weighted by atomic mass is 35.5. The Morgan fingerprint density at radius 2 is 2.10 bits per heavy atom.